The Bertz CT molecular complexity index is 864. The Labute approximate surface area is 146 Å². The molecule has 0 spiro atoms. The first-order chi connectivity index (χ1) is 12.1. The van der Waals surface area contributed by atoms with Crippen molar-refractivity contribution in [2.24, 2.45) is 5.41 Å². The van der Waals surface area contributed by atoms with E-state index < -0.39 is 29.0 Å². The van der Waals surface area contributed by atoms with E-state index >= 15 is 0 Å². The van der Waals surface area contributed by atoms with Crippen molar-refractivity contribution in [3.63, 3.8) is 0 Å². The van der Waals surface area contributed by atoms with Gasteiger partial charge in [0.2, 0.25) is 0 Å². The van der Waals surface area contributed by atoms with Crippen molar-refractivity contribution in [3.05, 3.63) is 41.7 Å². The first-order valence-corrected chi connectivity index (χ1v) is 7.73. The molecule has 1 aromatic heterocycles. The summed E-state index contributed by atoms with van der Waals surface area (Å²) < 4.78 is 39.5. The van der Waals surface area contributed by atoms with E-state index in [1.165, 1.54) is 23.2 Å². The van der Waals surface area contributed by atoms with Gasteiger partial charge in [-0.05, 0) is 31.5 Å². The molecule has 0 bridgehead atoms. The van der Waals surface area contributed by atoms with E-state index in [0.717, 1.165) is 16.8 Å². The first kappa shape index (κ1) is 17.9. The minimum absolute atomic E-state index is 0.0393. The number of nitrogens with zero attached hydrogens (tertiary/aromatic N) is 4. The van der Waals surface area contributed by atoms with Crippen LogP contribution in [0.25, 0.3) is 5.69 Å². The summed E-state index contributed by atoms with van der Waals surface area (Å²) in [5, 5.41) is 16.6. The van der Waals surface area contributed by atoms with Crippen LogP contribution in [0.3, 0.4) is 0 Å². The van der Waals surface area contributed by atoms with Crippen molar-refractivity contribution in [3.8, 4) is 5.69 Å². The van der Waals surface area contributed by atoms with Gasteiger partial charge in [0.25, 0.3) is 5.91 Å². The minimum atomic E-state index is -4.49. The number of hydrogen-bond donors (Lipinski definition) is 1. The second-order valence-electron chi connectivity index (χ2n) is 6.44. The normalized spacial score (nSPS) is 20.4. The number of hydrogen-bond acceptors (Lipinski definition) is 4. The number of carbonyl (C=O) groups excluding carboxylic acids is 1. The summed E-state index contributed by atoms with van der Waals surface area (Å²) in [6.07, 6.45) is -2.95. The van der Waals surface area contributed by atoms with E-state index in [1.54, 1.807) is 6.92 Å². The molecule has 1 atom stereocenters. The molecule has 10 heteroatoms. The molecule has 7 nitrogen and oxygen atoms in total. The van der Waals surface area contributed by atoms with Crippen LogP contribution < -0.4 is 0 Å². The van der Waals surface area contributed by atoms with Crippen LogP contribution in [0.5, 0.6) is 0 Å². The van der Waals surface area contributed by atoms with Crippen molar-refractivity contribution in [1.29, 1.82) is 0 Å². The molecular formula is C16H15F3N4O3. The molecule has 0 radical (unpaired) electrons. The SMILES string of the molecule is CC1(C(=O)O)CCN(C(=O)c2cn(-c3cccc(C(F)(F)F)c3)nn2)C1. The van der Waals surface area contributed by atoms with Crippen molar-refractivity contribution >= 4 is 11.9 Å². The van der Waals surface area contributed by atoms with Gasteiger partial charge >= 0.3 is 12.1 Å². The maximum Gasteiger partial charge on any atom is 0.416 e. The Morgan fingerprint density at radius 3 is 2.65 bits per heavy atom. The standard InChI is InChI=1S/C16H15F3N4O3/c1-15(14(25)26)5-6-22(9-15)13(24)12-8-23(21-20-12)11-4-2-3-10(7-11)16(17,18)19/h2-4,7-8H,5-6,9H2,1H3,(H,25,26). The molecule has 0 saturated carbocycles. The van der Waals surface area contributed by atoms with E-state index in [4.69, 9.17) is 0 Å². The molecule has 3 rings (SSSR count). The molecule has 0 aliphatic carbocycles. The van der Waals surface area contributed by atoms with E-state index in [-0.39, 0.29) is 24.5 Å². The molecule has 1 fully saturated rings. The number of carboxylic acids is 1. The van der Waals surface area contributed by atoms with Gasteiger partial charge in [-0.2, -0.15) is 13.2 Å². The number of alkyl halides is 3. The number of carboxylic acid groups (broad SMARTS) is 1. The zero-order valence-corrected chi connectivity index (χ0v) is 13.7. The van der Waals surface area contributed by atoms with Crippen LogP contribution in [-0.2, 0) is 11.0 Å². The molecule has 2 aromatic rings. The van der Waals surface area contributed by atoms with Crippen LogP contribution in [0.1, 0.15) is 29.4 Å². The smallest absolute Gasteiger partial charge is 0.416 e. The predicted molar refractivity (Wildman–Crippen MR) is 82.6 cm³/mol. The molecular weight excluding hydrogens is 353 g/mol. The number of benzene rings is 1. The Balaban J connectivity index is 1.81. The van der Waals surface area contributed by atoms with E-state index in [0.29, 0.717) is 6.42 Å². The van der Waals surface area contributed by atoms with Gasteiger partial charge in [0.1, 0.15) is 0 Å². The molecule has 1 N–H and O–H groups in total. The highest BCUT2D eigenvalue weighted by Crippen LogP contribution is 2.31. The van der Waals surface area contributed by atoms with Gasteiger partial charge in [-0.1, -0.05) is 11.3 Å². The van der Waals surface area contributed by atoms with E-state index in [1.807, 2.05) is 0 Å². The van der Waals surface area contributed by atoms with Gasteiger partial charge in [0.05, 0.1) is 22.9 Å². The highest BCUT2D eigenvalue weighted by atomic mass is 19.4. The summed E-state index contributed by atoms with van der Waals surface area (Å²) in [5.74, 6) is -1.49. The fourth-order valence-electron chi connectivity index (χ4n) is 2.78. The van der Waals surface area contributed by atoms with Crippen molar-refractivity contribution in [2.75, 3.05) is 13.1 Å². The van der Waals surface area contributed by atoms with Gasteiger partial charge in [-0.25, -0.2) is 4.68 Å². The second kappa shape index (κ2) is 6.11. The number of likely N-dealkylation sites (tertiary alicyclic amines) is 1. The molecule has 1 aromatic carbocycles. The van der Waals surface area contributed by atoms with E-state index in [9.17, 15) is 27.9 Å². The van der Waals surface area contributed by atoms with Gasteiger partial charge in [-0.3, -0.25) is 9.59 Å². The third kappa shape index (κ3) is 3.26. The number of aromatic nitrogens is 3. The Morgan fingerprint density at radius 1 is 1.31 bits per heavy atom. The summed E-state index contributed by atoms with van der Waals surface area (Å²) in [4.78, 5) is 25.1. The lowest BCUT2D eigenvalue weighted by Crippen LogP contribution is -2.35. The molecule has 138 valence electrons. The fraction of sp³-hybridized carbons (Fsp3) is 0.375. The number of aliphatic carboxylic acids is 1. The fourth-order valence-corrected chi connectivity index (χ4v) is 2.78. The Hall–Kier alpha value is -2.91. The van der Waals surface area contributed by atoms with Crippen LogP contribution in [0.15, 0.2) is 30.5 Å². The summed E-state index contributed by atoms with van der Waals surface area (Å²) in [7, 11) is 0. The molecule has 1 aliphatic rings. The molecule has 1 aliphatic heterocycles. The zero-order valence-electron chi connectivity index (χ0n) is 13.7. The topological polar surface area (TPSA) is 88.3 Å². The zero-order chi connectivity index (χ0) is 19.1. The molecule has 26 heavy (non-hydrogen) atoms. The maximum atomic E-state index is 12.8. The minimum Gasteiger partial charge on any atom is -0.481 e. The molecule has 1 saturated heterocycles. The quantitative estimate of drug-likeness (QED) is 0.898. The molecule has 1 unspecified atom stereocenters. The third-order valence-corrected chi connectivity index (χ3v) is 4.43. The van der Waals surface area contributed by atoms with Gasteiger partial charge in [0.15, 0.2) is 5.69 Å². The van der Waals surface area contributed by atoms with Gasteiger partial charge in [0, 0.05) is 13.1 Å². The first-order valence-electron chi connectivity index (χ1n) is 7.73. The average Bonchev–Trinajstić information content (AvgIpc) is 3.21. The Kier molecular flexibility index (Phi) is 4.21. The maximum absolute atomic E-state index is 12.8. The predicted octanol–water partition coefficient (Wildman–Crippen LogP) is 2.22. The number of halogens is 3. The van der Waals surface area contributed by atoms with Crippen LogP contribution in [-0.4, -0.2) is 50.0 Å². The van der Waals surface area contributed by atoms with Crippen LogP contribution in [0, 0.1) is 5.41 Å². The third-order valence-electron chi connectivity index (χ3n) is 4.43. The summed E-state index contributed by atoms with van der Waals surface area (Å²) in [5.41, 5.74) is -1.80. The van der Waals surface area contributed by atoms with Crippen molar-refractivity contribution < 1.29 is 27.9 Å². The molecule has 1 amide bonds. The van der Waals surface area contributed by atoms with Crippen LogP contribution >= 0.6 is 0 Å². The second-order valence-corrected chi connectivity index (χ2v) is 6.44. The summed E-state index contributed by atoms with van der Waals surface area (Å²) in [6.45, 7) is 1.86. The monoisotopic (exact) mass is 368 g/mol. The lowest BCUT2D eigenvalue weighted by molar-refractivity contribution is -0.147. The summed E-state index contributed by atoms with van der Waals surface area (Å²) in [6, 6.07) is 4.49. The van der Waals surface area contributed by atoms with Crippen molar-refractivity contribution in [2.45, 2.75) is 19.5 Å². The van der Waals surface area contributed by atoms with Gasteiger partial charge in [-0.15, -0.1) is 5.10 Å². The van der Waals surface area contributed by atoms with Crippen molar-refractivity contribution in [1.82, 2.24) is 19.9 Å². The highest BCUT2D eigenvalue weighted by Gasteiger charge is 2.42. The van der Waals surface area contributed by atoms with Crippen LogP contribution in [0.4, 0.5) is 13.2 Å². The van der Waals surface area contributed by atoms with Crippen LogP contribution in [0.2, 0.25) is 0 Å². The average molecular weight is 368 g/mol. The van der Waals surface area contributed by atoms with E-state index in [2.05, 4.69) is 10.3 Å². The lowest BCUT2D eigenvalue weighted by atomic mass is 9.90. The van der Waals surface area contributed by atoms with Gasteiger partial charge < -0.3 is 10.0 Å². The number of rotatable bonds is 3. The lowest BCUT2D eigenvalue weighted by Gasteiger charge is -2.19. The number of carbonyl (C=O) groups is 2. The Morgan fingerprint density at radius 2 is 2.04 bits per heavy atom. The highest BCUT2D eigenvalue weighted by molar-refractivity contribution is 5.93. The largest absolute Gasteiger partial charge is 0.481 e. The number of amides is 1. The summed E-state index contributed by atoms with van der Waals surface area (Å²) >= 11 is 0. The molecule has 2 heterocycles.